The van der Waals surface area contributed by atoms with Crippen LogP contribution in [0.25, 0.3) is 0 Å². The van der Waals surface area contributed by atoms with Gasteiger partial charge in [0.05, 0.1) is 13.0 Å². The number of aryl methyl sites for hydroxylation is 1. The quantitative estimate of drug-likeness (QED) is 0.784. The third-order valence-electron chi connectivity index (χ3n) is 3.76. The Labute approximate surface area is 147 Å². The van der Waals surface area contributed by atoms with Crippen molar-refractivity contribution in [3.05, 3.63) is 53.7 Å². The van der Waals surface area contributed by atoms with Crippen LogP contribution in [0.15, 0.2) is 42.6 Å². The molecule has 1 amide bonds. The lowest BCUT2D eigenvalue weighted by Crippen LogP contribution is -2.34. The van der Waals surface area contributed by atoms with Gasteiger partial charge in [-0.2, -0.15) is 0 Å². The van der Waals surface area contributed by atoms with E-state index in [9.17, 15) is 9.59 Å². The van der Waals surface area contributed by atoms with E-state index in [1.807, 2.05) is 32.2 Å². The molecule has 0 atom stereocenters. The van der Waals surface area contributed by atoms with Crippen LogP contribution in [0.3, 0.4) is 0 Å². The Bertz CT molecular complexity index is 732. The van der Waals surface area contributed by atoms with Crippen molar-refractivity contribution in [3.63, 3.8) is 0 Å². The molecule has 0 fully saturated rings. The normalized spacial score (nSPS) is 10.2. The molecule has 132 valence electrons. The minimum absolute atomic E-state index is 0.115. The molecule has 1 N–H and O–H groups in total. The summed E-state index contributed by atoms with van der Waals surface area (Å²) >= 11 is 0. The van der Waals surface area contributed by atoms with Crippen LogP contribution < -0.4 is 10.2 Å². The first-order chi connectivity index (χ1) is 12.1. The van der Waals surface area contributed by atoms with Crippen LogP contribution >= 0.6 is 0 Å². The molecule has 6 nitrogen and oxygen atoms in total. The Morgan fingerprint density at radius 3 is 2.64 bits per heavy atom. The van der Waals surface area contributed by atoms with Gasteiger partial charge >= 0.3 is 5.97 Å². The van der Waals surface area contributed by atoms with Crippen LogP contribution in [0.1, 0.15) is 29.3 Å². The van der Waals surface area contributed by atoms with Gasteiger partial charge in [-0.15, -0.1) is 0 Å². The maximum Gasteiger partial charge on any atom is 0.307 e. The molecule has 0 aliphatic heterocycles. The number of amides is 1. The first kappa shape index (κ1) is 18.4. The van der Waals surface area contributed by atoms with Crippen molar-refractivity contribution in [1.29, 1.82) is 0 Å². The molecule has 1 heterocycles. The van der Waals surface area contributed by atoms with E-state index in [4.69, 9.17) is 4.74 Å². The van der Waals surface area contributed by atoms with E-state index in [2.05, 4.69) is 10.3 Å². The number of esters is 1. The highest BCUT2D eigenvalue weighted by Crippen LogP contribution is 2.20. The number of nitrogens with one attached hydrogen (secondary N) is 1. The van der Waals surface area contributed by atoms with E-state index >= 15 is 0 Å². The summed E-state index contributed by atoms with van der Waals surface area (Å²) in [4.78, 5) is 30.4. The summed E-state index contributed by atoms with van der Waals surface area (Å²) < 4.78 is 4.96. The van der Waals surface area contributed by atoms with Gasteiger partial charge in [0.1, 0.15) is 5.82 Å². The number of carbonyl (C=O) groups is 2. The van der Waals surface area contributed by atoms with Crippen LogP contribution in [-0.2, 0) is 9.53 Å². The summed E-state index contributed by atoms with van der Waals surface area (Å²) in [6.07, 6.45) is 1.74. The highest BCUT2D eigenvalue weighted by Gasteiger charge is 2.20. The number of carbonyl (C=O) groups excluding carboxylic acids is 2. The van der Waals surface area contributed by atoms with Gasteiger partial charge in [-0.1, -0.05) is 6.07 Å². The molecular formula is C19H23N3O3. The standard InChI is InChI=1S/C19H23N3O3/c1-4-25-18(23)10-12-22(17-7-5-6-11-21-17)19(24)15-8-9-16(20-3)14(2)13-15/h5-9,11,13,20H,4,10,12H2,1-3H3. The molecule has 0 aliphatic rings. The number of rotatable bonds is 7. The van der Waals surface area contributed by atoms with E-state index in [0.717, 1.165) is 11.3 Å². The molecule has 0 saturated carbocycles. The van der Waals surface area contributed by atoms with E-state index in [0.29, 0.717) is 18.0 Å². The minimum Gasteiger partial charge on any atom is -0.466 e. The molecule has 0 spiro atoms. The second-order valence-corrected chi connectivity index (χ2v) is 5.48. The summed E-state index contributed by atoms with van der Waals surface area (Å²) in [6.45, 7) is 4.22. The van der Waals surface area contributed by atoms with Gasteiger partial charge in [-0.3, -0.25) is 14.5 Å². The molecule has 6 heteroatoms. The number of ether oxygens (including phenoxy) is 1. The number of anilines is 2. The van der Waals surface area contributed by atoms with Crippen LogP contribution in [0.4, 0.5) is 11.5 Å². The Morgan fingerprint density at radius 1 is 1.24 bits per heavy atom. The molecule has 1 aromatic carbocycles. The lowest BCUT2D eigenvalue weighted by atomic mass is 10.1. The highest BCUT2D eigenvalue weighted by atomic mass is 16.5. The third kappa shape index (κ3) is 4.79. The summed E-state index contributed by atoms with van der Waals surface area (Å²) in [7, 11) is 1.84. The lowest BCUT2D eigenvalue weighted by Gasteiger charge is -2.22. The second kappa shape index (κ2) is 8.82. The highest BCUT2D eigenvalue weighted by molar-refractivity contribution is 6.06. The molecule has 1 aromatic heterocycles. The van der Waals surface area contributed by atoms with Gasteiger partial charge in [0, 0.05) is 31.0 Å². The molecule has 0 radical (unpaired) electrons. The molecule has 0 saturated heterocycles. The van der Waals surface area contributed by atoms with Crippen molar-refractivity contribution < 1.29 is 14.3 Å². The fraction of sp³-hybridized carbons (Fsp3) is 0.316. The zero-order valence-electron chi connectivity index (χ0n) is 14.8. The first-order valence-corrected chi connectivity index (χ1v) is 8.23. The fourth-order valence-corrected chi connectivity index (χ4v) is 2.50. The average molecular weight is 341 g/mol. The third-order valence-corrected chi connectivity index (χ3v) is 3.76. The predicted molar refractivity (Wildman–Crippen MR) is 97.9 cm³/mol. The summed E-state index contributed by atoms with van der Waals surface area (Å²) in [5.74, 6) is -0.0289. The van der Waals surface area contributed by atoms with E-state index < -0.39 is 0 Å². The Hall–Kier alpha value is -2.89. The molecular weight excluding hydrogens is 318 g/mol. The zero-order chi connectivity index (χ0) is 18.2. The average Bonchev–Trinajstić information content (AvgIpc) is 2.62. The van der Waals surface area contributed by atoms with Crippen LogP contribution in [-0.4, -0.2) is 37.1 Å². The SMILES string of the molecule is CCOC(=O)CCN(C(=O)c1ccc(NC)c(C)c1)c1ccccn1. The summed E-state index contributed by atoms with van der Waals surface area (Å²) in [6, 6.07) is 10.8. The maximum atomic E-state index is 13.0. The molecule has 2 rings (SSSR count). The Morgan fingerprint density at radius 2 is 2.04 bits per heavy atom. The molecule has 2 aromatic rings. The predicted octanol–water partition coefficient (Wildman–Crippen LogP) is 3.03. The van der Waals surface area contributed by atoms with Gasteiger partial charge < -0.3 is 10.1 Å². The minimum atomic E-state index is -0.335. The zero-order valence-corrected chi connectivity index (χ0v) is 14.8. The Kier molecular flexibility index (Phi) is 6.51. The summed E-state index contributed by atoms with van der Waals surface area (Å²) in [5.41, 5.74) is 2.48. The maximum absolute atomic E-state index is 13.0. The number of benzene rings is 1. The van der Waals surface area contributed by atoms with Gasteiger partial charge in [-0.25, -0.2) is 4.98 Å². The number of hydrogen-bond acceptors (Lipinski definition) is 5. The first-order valence-electron chi connectivity index (χ1n) is 8.23. The molecule has 0 bridgehead atoms. The molecule has 25 heavy (non-hydrogen) atoms. The fourth-order valence-electron chi connectivity index (χ4n) is 2.50. The second-order valence-electron chi connectivity index (χ2n) is 5.48. The van der Waals surface area contributed by atoms with Crippen molar-refractivity contribution in [2.45, 2.75) is 20.3 Å². The van der Waals surface area contributed by atoms with Crippen molar-refractivity contribution in [2.75, 3.05) is 30.4 Å². The van der Waals surface area contributed by atoms with Crippen molar-refractivity contribution >= 4 is 23.4 Å². The van der Waals surface area contributed by atoms with E-state index in [-0.39, 0.29) is 24.8 Å². The van der Waals surface area contributed by atoms with Crippen molar-refractivity contribution in [3.8, 4) is 0 Å². The van der Waals surface area contributed by atoms with Crippen LogP contribution in [0.5, 0.6) is 0 Å². The smallest absolute Gasteiger partial charge is 0.307 e. The number of nitrogens with zero attached hydrogens (tertiary/aromatic N) is 2. The van der Waals surface area contributed by atoms with Crippen molar-refractivity contribution in [1.82, 2.24) is 4.98 Å². The topological polar surface area (TPSA) is 71.5 Å². The largest absolute Gasteiger partial charge is 0.466 e. The van der Waals surface area contributed by atoms with Gasteiger partial charge in [0.25, 0.3) is 5.91 Å². The van der Waals surface area contributed by atoms with Gasteiger partial charge in [-0.05, 0) is 49.7 Å². The van der Waals surface area contributed by atoms with Gasteiger partial charge in [0.2, 0.25) is 0 Å². The lowest BCUT2D eigenvalue weighted by molar-refractivity contribution is -0.142. The van der Waals surface area contributed by atoms with E-state index in [1.54, 1.807) is 31.3 Å². The Balaban J connectivity index is 2.26. The van der Waals surface area contributed by atoms with Crippen LogP contribution in [0.2, 0.25) is 0 Å². The van der Waals surface area contributed by atoms with Gasteiger partial charge in [0.15, 0.2) is 0 Å². The monoisotopic (exact) mass is 341 g/mol. The summed E-state index contributed by atoms with van der Waals surface area (Å²) in [5, 5.41) is 3.08. The number of hydrogen-bond donors (Lipinski definition) is 1. The molecule has 0 unspecified atom stereocenters. The number of aromatic nitrogens is 1. The molecule has 0 aliphatic carbocycles. The van der Waals surface area contributed by atoms with Crippen LogP contribution in [0, 0.1) is 6.92 Å². The van der Waals surface area contributed by atoms with Crippen molar-refractivity contribution in [2.24, 2.45) is 0 Å². The van der Waals surface area contributed by atoms with E-state index in [1.165, 1.54) is 4.90 Å². The number of pyridine rings is 1.